The molecule has 2 aromatic rings. The molecule has 0 saturated carbocycles. The summed E-state index contributed by atoms with van der Waals surface area (Å²) in [7, 11) is -3.59. The van der Waals surface area contributed by atoms with Gasteiger partial charge in [0, 0.05) is 0 Å². The van der Waals surface area contributed by atoms with E-state index in [1.165, 1.54) is 9.87 Å². The van der Waals surface area contributed by atoms with Gasteiger partial charge in [0.1, 0.15) is 5.75 Å². The fourth-order valence-electron chi connectivity index (χ4n) is 4.00. The third-order valence-electron chi connectivity index (χ3n) is 6.09. The van der Waals surface area contributed by atoms with Crippen molar-refractivity contribution in [3.63, 3.8) is 0 Å². The molecule has 174 valence electrons. The van der Waals surface area contributed by atoms with E-state index in [9.17, 15) is 13.2 Å². The molecule has 0 aliphatic carbocycles. The van der Waals surface area contributed by atoms with Crippen molar-refractivity contribution in [1.82, 2.24) is 5.32 Å². The number of hydrogen-bond donors (Lipinski definition) is 1. The number of fused-ring (bicyclic) bond motifs is 1. The number of aryl methyl sites for hydroxylation is 3. The maximum absolute atomic E-state index is 13.1. The number of carbonyl (C=O) groups is 1. The number of benzene rings is 2. The van der Waals surface area contributed by atoms with Gasteiger partial charge in [-0.15, -0.1) is 0 Å². The molecule has 0 aromatic heterocycles. The lowest BCUT2D eigenvalue weighted by Gasteiger charge is -2.35. The SMILES string of the molecule is Cc1cc(C)c([C@H](C)NC(=O)[C@H]2CN(S(C)(=O)=O)c3cc(C(C)(C)C)ccc3O2)cc1C. The number of hydrogen-bond acceptors (Lipinski definition) is 4. The molecule has 32 heavy (non-hydrogen) atoms. The van der Waals surface area contributed by atoms with Crippen molar-refractivity contribution >= 4 is 21.6 Å². The largest absolute Gasteiger partial charge is 0.476 e. The Bertz CT molecular complexity index is 1150. The number of sulfonamides is 1. The average Bonchev–Trinajstić information content (AvgIpc) is 2.67. The van der Waals surface area contributed by atoms with Crippen molar-refractivity contribution < 1.29 is 17.9 Å². The number of anilines is 1. The lowest BCUT2D eigenvalue weighted by molar-refractivity contribution is -0.128. The van der Waals surface area contributed by atoms with E-state index < -0.39 is 16.1 Å². The van der Waals surface area contributed by atoms with Gasteiger partial charge < -0.3 is 10.1 Å². The lowest BCUT2D eigenvalue weighted by atomic mass is 9.86. The van der Waals surface area contributed by atoms with Crippen LogP contribution in [-0.4, -0.2) is 33.2 Å². The molecule has 0 spiro atoms. The van der Waals surface area contributed by atoms with Crippen LogP contribution < -0.4 is 14.4 Å². The normalized spacial score (nSPS) is 17.4. The van der Waals surface area contributed by atoms with Crippen LogP contribution >= 0.6 is 0 Å². The van der Waals surface area contributed by atoms with Gasteiger partial charge in [0.25, 0.3) is 5.91 Å². The van der Waals surface area contributed by atoms with Crippen LogP contribution in [0, 0.1) is 20.8 Å². The monoisotopic (exact) mass is 458 g/mol. The fourth-order valence-corrected chi connectivity index (χ4v) is 4.91. The van der Waals surface area contributed by atoms with Crippen molar-refractivity contribution in [3.8, 4) is 5.75 Å². The Morgan fingerprint density at radius 1 is 1.09 bits per heavy atom. The molecule has 0 bridgehead atoms. The second-order valence-corrected chi connectivity index (χ2v) is 11.8. The van der Waals surface area contributed by atoms with Crippen LogP contribution in [0.5, 0.6) is 5.75 Å². The Kier molecular flexibility index (Phi) is 6.35. The molecule has 6 nitrogen and oxygen atoms in total. The highest BCUT2D eigenvalue weighted by Crippen LogP contribution is 2.38. The summed E-state index contributed by atoms with van der Waals surface area (Å²) in [5.41, 5.74) is 5.82. The highest BCUT2D eigenvalue weighted by Gasteiger charge is 2.36. The Labute approximate surface area is 192 Å². The zero-order chi connectivity index (χ0) is 24.0. The summed E-state index contributed by atoms with van der Waals surface area (Å²) in [5, 5.41) is 3.01. The van der Waals surface area contributed by atoms with Crippen molar-refractivity contribution in [2.75, 3.05) is 17.1 Å². The lowest BCUT2D eigenvalue weighted by Crippen LogP contribution is -2.51. The number of ether oxygens (including phenoxy) is 1. The van der Waals surface area contributed by atoms with Gasteiger partial charge in [-0.3, -0.25) is 9.10 Å². The minimum absolute atomic E-state index is 0.0656. The quantitative estimate of drug-likeness (QED) is 0.741. The number of rotatable bonds is 4. The number of amides is 1. The van der Waals surface area contributed by atoms with E-state index >= 15 is 0 Å². The van der Waals surface area contributed by atoms with E-state index in [4.69, 9.17) is 4.74 Å². The Balaban J connectivity index is 1.88. The summed E-state index contributed by atoms with van der Waals surface area (Å²) in [6.07, 6.45) is 0.217. The molecule has 1 heterocycles. The van der Waals surface area contributed by atoms with Gasteiger partial charge in [0.2, 0.25) is 10.0 Å². The van der Waals surface area contributed by atoms with E-state index in [-0.39, 0.29) is 23.9 Å². The summed E-state index contributed by atoms with van der Waals surface area (Å²) in [6, 6.07) is 9.47. The van der Waals surface area contributed by atoms with Gasteiger partial charge in [0.05, 0.1) is 24.5 Å². The van der Waals surface area contributed by atoms with Crippen molar-refractivity contribution in [1.29, 1.82) is 0 Å². The van der Waals surface area contributed by atoms with Crippen LogP contribution in [-0.2, 0) is 20.2 Å². The Hall–Kier alpha value is -2.54. The van der Waals surface area contributed by atoms with Gasteiger partial charge in [-0.25, -0.2) is 8.42 Å². The molecule has 2 atom stereocenters. The van der Waals surface area contributed by atoms with Crippen LogP contribution in [0.2, 0.25) is 0 Å². The fraction of sp³-hybridized carbons (Fsp3) is 0.480. The predicted molar refractivity (Wildman–Crippen MR) is 129 cm³/mol. The molecular weight excluding hydrogens is 424 g/mol. The van der Waals surface area contributed by atoms with Crippen molar-refractivity contribution in [3.05, 3.63) is 58.1 Å². The summed E-state index contributed by atoms with van der Waals surface area (Å²) >= 11 is 0. The number of carbonyl (C=O) groups excluding carboxylic acids is 1. The first-order chi connectivity index (χ1) is 14.7. The number of nitrogens with zero attached hydrogens (tertiary/aromatic N) is 1. The second-order valence-electron chi connectivity index (χ2n) is 9.86. The molecule has 1 N–H and O–H groups in total. The zero-order valence-electron chi connectivity index (χ0n) is 20.2. The van der Waals surface area contributed by atoms with E-state index in [1.807, 2.05) is 32.9 Å². The molecule has 0 fully saturated rings. The molecule has 0 radical (unpaired) electrons. The Morgan fingerprint density at radius 2 is 1.72 bits per heavy atom. The van der Waals surface area contributed by atoms with Crippen LogP contribution in [0.3, 0.4) is 0 Å². The third-order valence-corrected chi connectivity index (χ3v) is 7.24. The molecule has 7 heteroatoms. The van der Waals surface area contributed by atoms with Gasteiger partial charge in [-0.1, -0.05) is 39.0 Å². The molecule has 0 unspecified atom stereocenters. The predicted octanol–water partition coefficient (Wildman–Crippen LogP) is 4.31. The third kappa shape index (κ3) is 4.93. The highest BCUT2D eigenvalue weighted by molar-refractivity contribution is 7.92. The first-order valence-corrected chi connectivity index (χ1v) is 12.7. The summed E-state index contributed by atoms with van der Waals surface area (Å²) in [5.74, 6) is 0.0548. The Morgan fingerprint density at radius 3 is 2.31 bits per heavy atom. The molecule has 0 saturated heterocycles. The van der Waals surface area contributed by atoms with Crippen LogP contribution in [0.4, 0.5) is 5.69 Å². The first-order valence-electron chi connectivity index (χ1n) is 10.9. The van der Waals surface area contributed by atoms with Gasteiger partial charge in [-0.2, -0.15) is 0 Å². The van der Waals surface area contributed by atoms with E-state index in [2.05, 4.69) is 45.1 Å². The maximum atomic E-state index is 13.1. The molecule has 2 aromatic carbocycles. The smallest absolute Gasteiger partial charge is 0.263 e. The van der Waals surface area contributed by atoms with Crippen molar-refractivity contribution in [2.24, 2.45) is 0 Å². The van der Waals surface area contributed by atoms with Gasteiger partial charge in [0.15, 0.2) is 6.10 Å². The summed E-state index contributed by atoms with van der Waals surface area (Å²) in [6.45, 7) is 14.2. The van der Waals surface area contributed by atoms with E-state index in [1.54, 1.807) is 6.07 Å². The topological polar surface area (TPSA) is 75.7 Å². The van der Waals surface area contributed by atoms with Gasteiger partial charge in [-0.05, 0) is 73.1 Å². The molecular formula is C25H34N2O4S. The van der Waals surface area contributed by atoms with Crippen molar-refractivity contribution in [2.45, 2.75) is 66.0 Å². The highest BCUT2D eigenvalue weighted by atomic mass is 32.2. The zero-order valence-corrected chi connectivity index (χ0v) is 21.1. The molecule has 1 aliphatic rings. The number of nitrogens with one attached hydrogen (secondary N) is 1. The molecule has 3 rings (SSSR count). The molecule has 1 amide bonds. The first kappa shape index (κ1) is 24.1. The minimum atomic E-state index is -3.59. The van der Waals surface area contributed by atoms with E-state index in [0.29, 0.717) is 11.4 Å². The van der Waals surface area contributed by atoms with Crippen LogP contribution in [0.1, 0.15) is 61.6 Å². The summed E-state index contributed by atoms with van der Waals surface area (Å²) in [4.78, 5) is 13.1. The molecule has 1 aliphatic heterocycles. The van der Waals surface area contributed by atoms with E-state index in [0.717, 1.165) is 28.5 Å². The van der Waals surface area contributed by atoms with Gasteiger partial charge >= 0.3 is 0 Å². The standard InChI is InChI=1S/C25H34N2O4S/c1-15-11-17(3)20(12-16(15)2)18(4)26-24(28)23-14-27(32(8,29)30)21-13-19(25(5,6)7)9-10-22(21)31-23/h9-13,18,23H,14H2,1-8H3,(H,26,28)/t18-,23+/m0/s1. The second kappa shape index (κ2) is 8.43. The van der Waals surface area contributed by atoms with Crippen LogP contribution in [0.25, 0.3) is 0 Å². The minimum Gasteiger partial charge on any atom is -0.476 e. The average molecular weight is 459 g/mol. The summed E-state index contributed by atoms with van der Waals surface area (Å²) < 4.78 is 32.4. The maximum Gasteiger partial charge on any atom is 0.263 e. The van der Waals surface area contributed by atoms with Crippen LogP contribution in [0.15, 0.2) is 30.3 Å².